The van der Waals surface area contributed by atoms with Crippen molar-refractivity contribution in [1.29, 1.82) is 0 Å². The first-order valence-corrected chi connectivity index (χ1v) is 4.91. The first-order chi connectivity index (χ1) is 6.83. The predicted molar refractivity (Wildman–Crippen MR) is 53.0 cm³/mol. The number of carbonyl (C=O) groups excluding carboxylic acids is 1. The van der Waals surface area contributed by atoms with Gasteiger partial charge < -0.3 is 14.8 Å². The lowest BCUT2D eigenvalue weighted by atomic mass is 10.2. The highest BCUT2D eigenvalue weighted by Gasteiger charge is 2.16. The molecule has 1 N–H and O–H groups in total. The molecule has 0 aromatic rings. The second-order valence-electron chi connectivity index (χ2n) is 3.24. The second kappa shape index (κ2) is 6.56. The molecule has 1 heterocycles. The van der Waals surface area contributed by atoms with E-state index in [-0.39, 0.29) is 18.6 Å². The van der Waals surface area contributed by atoms with E-state index in [1.54, 1.807) is 6.08 Å². The molecule has 1 atom stereocenters. The molecule has 1 unspecified atom stereocenters. The molecule has 1 rings (SSSR count). The smallest absolute Gasteiger partial charge is 0.320 e. The molecule has 1 aliphatic heterocycles. The lowest BCUT2D eigenvalue weighted by Crippen LogP contribution is -2.27. The van der Waals surface area contributed by atoms with E-state index in [9.17, 15) is 4.79 Å². The molecule has 0 spiro atoms. The van der Waals surface area contributed by atoms with E-state index in [2.05, 4.69) is 11.9 Å². The van der Waals surface area contributed by atoms with E-state index in [0.29, 0.717) is 13.2 Å². The van der Waals surface area contributed by atoms with Crippen LogP contribution in [0.4, 0.5) is 0 Å². The Labute approximate surface area is 84.3 Å². The third-order valence-electron chi connectivity index (χ3n) is 2.01. The van der Waals surface area contributed by atoms with Gasteiger partial charge in [0.15, 0.2) is 0 Å². The van der Waals surface area contributed by atoms with Gasteiger partial charge in [-0.2, -0.15) is 0 Å². The third-order valence-corrected chi connectivity index (χ3v) is 2.01. The zero-order valence-corrected chi connectivity index (χ0v) is 8.33. The monoisotopic (exact) mass is 199 g/mol. The SMILES string of the molecule is C=CCNCC(=O)OCC1CCCO1. The largest absolute Gasteiger partial charge is 0.462 e. The highest BCUT2D eigenvalue weighted by Crippen LogP contribution is 2.11. The summed E-state index contributed by atoms with van der Waals surface area (Å²) in [5, 5.41) is 2.88. The second-order valence-corrected chi connectivity index (χ2v) is 3.24. The molecule has 4 nitrogen and oxygen atoms in total. The maximum Gasteiger partial charge on any atom is 0.320 e. The molecular formula is C10H17NO3. The average Bonchev–Trinajstić information content (AvgIpc) is 2.68. The van der Waals surface area contributed by atoms with Crippen LogP contribution in [-0.2, 0) is 14.3 Å². The molecule has 0 amide bonds. The van der Waals surface area contributed by atoms with Crippen molar-refractivity contribution < 1.29 is 14.3 Å². The van der Waals surface area contributed by atoms with Gasteiger partial charge in [0.05, 0.1) is 12.6 Å². The fourth-order valence-electron chi connectivity index (χ4n) is 1.29. The zero-order chi connectivity index (χ0) is 10.2. The Kier molecular flexibility index (Phi) is 5.25. The van der Waals surface area contributed by atoms with Crippen LogP contribution in [0, 0.1) is 0 Å². The van der Waals surface area contributed by atoms with E-state index >= 15 is 0 Å². The van der Waals surface area contributed by atoms with Crippen molar-refractivity contribution in [3.8, 4) is 0 Å². The van der Waals surface area contributed by atoms with Crippen LogP contribution in [0.2, 0.25) is 0 Å². The van der Waals surface area contributed by atoms with Crippen LogP contribution >= 0.6 is 0 Å². The highest BCUT2D eigenvalue weighted by molar-refractivity contribution is 5.71. The lowest BCUT2D eigenvalue weighted by Gasteiger charge is -2.09. The normalized spacial score (nSPS) is 20.7. The van der Waals surface area contributed by atoms with Crippen molar-refractivity contribution >= 4 is 5.97 Å². The molecule has 1 fully saturated rings. The van der Waals surface area contributed by atoms with Crippen LogP contribution < -0.4 is 5.32 Å². The topological polar surface area (TPSA) is 47.6 Å². The van der Waals surface area contributed by atoms with Crippen molar-refractivity contribution in [3.63, 3.8) is 0 Å². The molecule has 0 aromatic heterocycles. The average molecular weight is 199 g/mol. The van der Waals surface area contributed by atoms with Crippen LogP contribution in [0.1, 0.15) is 12.8 Å². The predicted octanol–water partition coefficient (Wildman–Crippen LogP) is 0.484. The van der Waals surface area contributed by atoms with E-state index < -0.39 is 0 Å². The third kappa shape index (κ3) is 4.39. The maximum absolute atomic E-state index is 11.1. The van der Waals surface area contributed by atoms with Crippen LogP contribution in [0.3, 0.4) is 0 Å². The Morgan fingerprint density at radius 2 is 2.57 bits per heavy atom. The van der Waals surface area contributed by atoms with Gasteiger partial charge in [-0.15, -0.1) is 6.58 Å². The van der Waals surface area contributed by atoms with Gasteiger partial charge in [0.1, 0.15) is 6.61 Å². The standard InChI is InChI=1S/C10H17NO3/c1-2-5-11-7-10(12)14-8-9-4-3-6-13-9/h2,9,11H,1,3-8H2. The molecular weight excluding hydrogens is 182 g/mol. The lowest BCUT2D eigenvalue weighted by molar-refractivity contribution is -0.145. The molecule has 1 aliphatic rings. The van der Waals surface area contributed by atoms with Gasteiger partial charge in [-0.25, -0.2) is 0 Å². The molecule has 0 bridgehead atoms. The van der Waals surface area contributed by atoms with Crippen LogP contribution in [0.15, 0.2) is 12.7 Å². The molecule has 80 valence electrons. The van der Waals surface area contributed by atoms with Gasteiger partial charge in [-0.3, -0.25) is 4.79 Å². The number of carbonyl (C=O) groups is 1. The molecule has 1 saturated heterocycles. The summed E-state index contributed by atoms with van der Waals surface area (Å²) in [5.41, 5.74) is 0. The number of ether oxygens (including phenoxy) is 2. The van der Waals surface area contributed by atoms with Crippen LogP contribution in [0.5, 0.6) is 0 Å². The van der Waals surface area contributed by atoms with E-state index in [0.717, 1.165) is 19.4 Å². The minimum absolute atomic E-state index is 0.110. The van der Waals surface area contributed by atoms with Gasteiger partial charge in [-0.05, 0) is 12.8 Å². The molecule has 0 radical (unpaired) electrons. The Balaban J connectivity index is 1.99. The summed E-state index contributed by atoms with van der Waals surface area (Å²) in [5.74, 6) is -0.234. The maximum atomic E-state index is 11.1. The summed E-state index contributed by atoms with van der Waals surface area (Å²) in [6, 6.07) is 0. The summed E-state index contributed by atoms with van der Waals surface area (Å²) in [7, 11) is 0. The minimum atomic E-state index is -0.234. The molecule has 0 saturated carbocycles. The molecule has 0 aliphatic carbocycles. The highest BCUT2D eigenvalue weighted by atomic mass is 16.6. The van der Waals surface area contributed by atoms with Gasteiger partial charge >= 0.3 is 5.97 Å². The van der Waals surface area contributed by atoms with Crippen LogP contribution in [0.25, 0.3) is 0 Å². The number of hydrogen-bond acceptors (Lipinski definition) is 4. The van der Waals surface area contributed by atoms with E-state index in [1.807, 2.05) is 0 Å². The first-order valence-electron chi connectivity index (χ1n) is 4.91. The van der Waals surface area contributed by atoms with Crippen molar-refractivity contribution in [2.45, 2.75) is 18.9 Å². The van der Waals surface area contributed by atoms with Crippen molar-refractivity contribution in [2.24, 2.45) is 0 Å². The van der Waals surface area contributed by atoms with Crippen molar-refractivity contribution in [3.05, 3.63) is 12.7 Å². The van der Waals surface area contributed by atoms with Crippen LogP contribution in [-0.4, -0.2) is 38.4 Å². The first kappa shape index (κ1) is 11.2. The molecule has 14 heavy (non-hydrogen) atoms. The van der Waals surface area contributed by atoms with Gasteiger partial charge in [-0.1, -0.05) is 6.08 Å². The summed E-state index contributed by atoms with van der Waals surface area (Å²) in [6.07, 6.45) is 3.87. The van der Waals surface area contributed by atoms with E-state index in [4.69, 9.17) is 9.47 Å². The quantitative estimate of drug-likeness (QED) is 0.384. The molecule has 4 heteroatoms. The zero-order valence-electron chi connectivity index (χ0n) is 8.33. The van der Waals surface area contributed by atoms with Crippen molar-refractivity contribution in [1.82, 2.24) is 5.32 Å². The fraction of sp³-hybridized carbons (Fsp3) is 0.700. The number of esters is 1. The summed E-state index contributed by atoms with van der Waals surface area (Å²) in [6.45, 7) is 5.56. The van der Waals surface area contributed by atoms with Crippen molar-refractivity contribution in [2.75, 3.05) is 26.3 Å². The minimum Gasteiger partial charge on any atom is -0.462 e. The number of rotatable bonds is 6. The number of nitrogens with one attached hydrogen (secondary N) is 1. The van der Waals surface area contributed by atoms with E-state index in [1.165, 1.54) is 0 Å². The van der Waals surface area contributed by atoms with Gasteiger partial charge in [0.2, 0.25) is 0 Å². The Morgan fingerprint density at radius 3 is 3.21 bits per heavy atom. The Bertz CT molecular complexity index is 188. The summed E-state index contributed by atoms with van der Waals surface area (Å²) in [4.78, 5) is 11.1. The van der Waals surface area contributed by atoms with Gasteiger partial charge in [0, 0.05) is 13.2 Å². The Hall–Kier alpha value is -0.870. The fourth-order valence-corrected chi connectivity index (χ4v) is 1.29. The van der Waals surface area contributed by atoms with Gasteiger partial charge in [0.25, 0.3) is 0 Å². The Morgan fingerprint density at radius 1 is 1.71 bits per heavy atom. The molecule has 0 aromatic carbocycles. The summed E-state index contributed by atoms with van der Waals surface area (Å²) >= 11 is 0. The number of hydrogen-bond donors (Lipinski definition) is 1. The summed E-state index contributed by atoms with van der Waals surface area (Å²) < 4.78 is 10.3.